The minimum Gasteiger partial charge on any atom is -0.449 e. The second-order valence-electron chi connectivity index (χ2n) is 6.04. The number of phosphoric acid groups is 1. The van der Waals surface area contributed by atoms with Gasteiger partial charge in [0.15, 0.2) is 0 Å². The molecule has 8 nitrogen and oxygen atoms in total. The summed E-state index contributed by atoms with van der Waals surface area (Å²) in [6.45, 7) is 1.06. The Balaban J connectivity index is 1.45. The first-order valence-electron chi connectivity index (χ1n) is 8.50. The van der Waals surface area contributed by atoms with E-state index in [1.54, 1.807) is 0 Å². The molecule has 2 aliphatic rings. The Morgan fingerprint density at radius 3 is 2.52 bits per heavy atom. The molecule has 1 saturated carbocycles. The maximum atomic E-state index is 11.7. The van der Waals surface area contributed by atoms with Gasteiger partial charge in [-0.3, -0.25) is 9.05 Å². The molecule has 2 N–H and O–H groups in total. The van der Waals surface area contributed by atoms with E-state index in [0.717, 1.165) is 32.8 Å². The minimum atomic E-state index is -3.95. The summed E-state index contributed by atoms with van der Waals surface area (Å²) in [5.41, 5.74) is 0. The van der Waals surface area contributed by atoms with Crippen LogP contribution in [0.5, 0.6) is 0 Å². The molecule has 25 heavy (non-hydrogen) atoms. The lowest BCUT2D eigenvalue weighted by atomic mass is 10.1. The first-order valence-corrected chi connectivity index (χ1v) is 10.00. The summed E-state index contributed by atoms with van der Waals surface area (Å²) < 4.78 is 30.3. The highest BCUT2D eigenvalue weighted by Crippen LogP contribution is 2.52. The molecular weight excluding hydrogens is 349 g/mol. The van der Waals surface area contributed by atoms with Crippen LogP contribution in [0, 0.1) is 29.6 Å². The number of nitrogens with one attached hydrogen (secondary N) is 1. The van der Waals surface area contributed by atoms with E-state index in [-0.39, 0.29) is 19.8 Å². The van der Waals surface area contributed by atoms with Gasteiger partial charge < -0.3 is 19.7 Å². The van der Waals surface area contributed by atoms with Gasteiger partial charge in [0.05, 0.1) is 26.4 Å². The second-order valence-corrected chi connectivity index (χ2v) is 7.60. The second kappa shape index (κ2) is 10.1. The quantitative estimate of drug-likeness (QED) is 0.342. The average Bonchev–Trinajstić information content (AvgIpc) is 3.21. The number of rotatable bonds is 10. The molecular formula is C16H26NO7P. The molecule has 3 unspecified atom stereocenters. The van der Waals surface area contributed by atoms with Crippen molar-refractivity contribution in [1.82, 2.24) is 5.32 Å². The van der Waals surface area contributed by atoms with Crippen molar-refractivity contribution in [1.29, 1.82) is 0 Å². The molecule has 0 aromatic carbocycles. The van der Waals surface area contributed by atoms with Gasteiger partial charge in [-0.15, -0.1) is 11.8 Å². The lowest BCUT2D eigenvalue weighted by molar-refractivity contribution is 0.0807. The first kappa shape index (κ1) is 20.2. The third-order valence-electron chi connectivity index (χ3n) is 4.47. The Kier molecular flexibility index (Phi) is 8.20. The molecule has 0 saturated heterocycles. The molecule has 0 aromatic heterocycles. The number of amides is 1. The van der Waals surface area contributed by atoms with Crippen molar-refractivity contribution in [3.63, 3.8) is 0 Å². The van der Waals surface area contributed by atoms with Gasteiger partial charge in [0.25, 0.3) is 0 Å². The van der Waals surface area contributed by atoms with Crippen LogP contribution in [0.4, 0.5) is 4.79 Å². The van der Waals surface area contributed by atoms with Gasteiger partial charge in [-0.05, 0) is 30.6 Å². The molecule has 1 fully saturated rings. The first-order chi connectivity index (χ1) is 12.0. The van der Waals surface area contributed by atoms with Gasteiger partial charge in [0, 0.05) is 26.5 Å². The fourth-order valence-electron chi connectivity index (χ4n) is 3.10. The zero-order valence-corrected chi connectivity index (χ0v) is 15.3. The van der Waals surface area contributed by atoms with E-state index in [1.807, 2.05) is 0 Å². The molecule has 0 aromatic rings. The number of fused-ring (bicyclic) bond motifs is 1. The summed E-state index contributed by atoms with van der Waals surface area (Å²) in [4.78, 5) is 20.6. The Morgan fingerprint density at radius 2 is 1.88 bits per heavy atom. The molecule has 142 valence electrons. The van der Waals surface area contributed by atoms with Gasteiger partial charge in [0.2, 0.25) is 0 Å². The van der Waals surface area contributed by atoms with Crippen LogP contribution in [0.2, 0.25) is 0 Å². The zero-order chi connectivity index (χ0) is 18.1. The van der Waals surface area contributed by atoms with E-state index in [0.29, 0.717) is 30.9 Å². The van der Waals surface area contributed by atoms with Crippen molar-refractivity contribution in [3.8, 4) is 11.8 Å². The normalized spacial score (nSPS) is 26.9. The Morgan fingerprint density at radius 1 is 1.20 bits per heavy atom. The molecule has 2 aliphatic carbocycles. The van der Waals surface area contributed by atoms with Crippen LogP contribution in [0.25, 0.3) is 0 Å². The largest absolute Gasteiger partial charge is 0.471 e. The fraction of sp³-hybridized carbons (Fsp3) is 0.812. The maximum Gasteiger partial charge on any atom is 0.471 e. The highest BCUT2D eigenvalue weighted by Gasteiger charge is 2.49. The summed E-state index contributed by atoms with van der Waals surface area (Å²) in [6.07, 6.45) is 3.65. The van der Waals surface area contributed by atoms with E-state index < -0.39 is 13.9 Å². The standard InChI is InChI=1S/C16H26NO7P/c1-21-25(19,20)24-11-10-22-9-8-17-16(18)23-12-15-13-6-4-2-3-5-7-14(13)15/h13-15H,4-12H2,1H3,(H,17,18)(H,19,20). The molecule has 2 rings (SSSR count). The highest BCUT2D eigenvalue weighted by molar-refractivity contribution is 7.47. The van der Waals surface area contributed by atoms with Crippen molar-refractivity contribution in [2.45, 2.75) is 25.7 Å². The molecule has 0 radical (unpaired) electrons. The van der Waals surface area contributed by atoms with Gasteiger partial charge >= 0.3 is 13.9 Å². The van der Waals surface area contributed by atoms with Crippen LogP contribution in [-0.4, -0.2) is 51.1 Å². The molecule has 9 heteroatoms. The van der Waals surface area contributed by atoms with Crippen LogP contribution < -0.4 is 5.32 Å². The van der Waals surface area contributed by atoms with Crippen molar-refractivity contribution < 1.29 is 32.8 Å². The van der Waals surface area contributed by atoms with Crippen LogP contribution >= 0.6 is 7.82 Å². The summed E-state index contributed by atoms with van der Waals surface area (Å²) in [6, 6.07) is 0. The summed E-state index contributed by atoms with van der Waals surface area (Å²) in [5, 5.41) is 2.61. The van der Waals surface area contributed by atoms with E-state index in [4.69, 9.17) is 14.4 Å². The third-order valence-corrected chi connectivity index (χ3v) is 5.45. The molecule has 1 amide bonds. The molecule has 0 heterocycles. The summed E-state index contributed by atoms with van der Waals surface area (Å²) in [7, 11) is -2.86. The molecule has 0 spiro atoms. The van der Waals surface area contributed by atoms with E-state index >= 15 is 0 Å². The smallest absolute Gasteiger partial charge is 0.449 e. The van der Waals surface area contributed by atoms with Gasteiger partial charge in [-0.2, -0.15) is 0 Å². The van der Waals surface area contributed by atoms with Crippen molar-refractivity contribution in [3.05, 3.63) is 0 Å². The van der Waals surface area contributed by atoms with Gasteiger partial charge in [-0.1, -0.05) is 0 Å². The van der Waals surface area contributed by atoms with Crippen LogP contribution in [-0.2, 0) is 23.1 Å². The maximum absolute atomic E-state index is 11.7. The number of carbonyl (C=O) groups is 1. The third kappa shape index (κ3) is 7.35. The van der Waals surface area contributed by atoms with Crippen LogP contribution in [0.1, 0.15) is 25.7 Å². The summed E-state index contributed by atoms with van der Waals surface area (Å²) >= 11 is 0. The van der Waals surface area contributed by atoms with Gasteiger partial charge in [0.1, 0.15) is 0 Å². The van der Waals surface area contributed by atoms with E-state index in [9.17, 15) is 9.36 Å². The molecule has 0 aliphatic heterocycles. The predicted octanol–water partition coefficient (Wildman–Crippen LogP) is 1.93. The highest BCUT2D eigenvalue weighted by atomic mass is 31.2. The lowest BCUT2D eigenvalue weighted by Crippen LogP contribution is -2.29. The average molecular weight is 375 g/mol. The lowest BCUT2D eigenvalue weighted by Gasteiger charge is -2.10. The summed E-state index contributed by atoms with van der Waals surface area (Å²) in [5.74, 6) is 8.10. The minimum absolute atomic E-state index is 0.0692. The molecule has 3 atom stereocenters. The van der Waals surface area contributed by atoms with E-state index in [2.05, 4.69) is 26.2 Å². The monoisotopic (exact) mass is 375 g/mol. The van der Waals surface area contributed by atoms with Crippen molar-refractivity contribution in [2.24, 2.45) is 17.8 Å². The van der Waals surface area contributed by atoms with Crippen molar-refractivity contribution in [2.75, 3.05) is 40.1 Å². The Bertz CT molecular complexity index is 526. The number of alkyl carbamates (subject to hydrolysis) is 1. The van der Waals surface area contributed by atoms with E-state index in [1.165, 1.54) is 0 Å². The SMILES string of the molecule is COP(=O)(O)OCCOCCNC(=O)OCC1C2CCC#CCCC21. The van der Waals surface area contributed by atoms with Crippen molar-refractivity contribution >= 4 is 13.9 Å². The number of carbonyl (C=O) groups excluding carboxylic acids is 1. The topological polar surface area (TPSA) is 103 Å². The van der Waals surface area contributed by atoms with Crippen LogP contribution in [0.15, 0.2) is 0 Å². The fourth-order valence-corrected chi connectivity index (χ4v) is 3.51. The Hall–Kier alpha value is -1.10. The zero-order valence-electron chi connectivity index (χ0n) is 14.4. The number of phosphoric ester groups is 1. The van der Waals surface area contributed by atoms with Gasteiger partial charge in [-0.25, -0.2) is 9.36 Å². The number of hydrogen-bond donors (Lipinski definition) is 2. The number of hydrogen-bond acceptors (Lipinski definition) is 6. The molecule has 0 bridgehead atoms. The van der Waals surface area contributed by atoms with Crippen LogP contribution in [0.3, 0.4) is 0 Å². The number of ether oxygens (including phenoxy) is 2. The Labute approximate surface area is 148 Å². The predicted molar refractivity (Wildman–Crippen MR) is 89.7 cm³/mol.